The summed E-state index contributed by atoms with van der Waals surface area (Å²) in [7, 11) is 0. The Morgan fingerprint density at radius 3 is 2.50 bits per heavy atom. The number of fused-ring (bicyclic) bond motifs is 1. The summed E-state index contributed by atoms with van der Waals surface area (Å²) in [6.07, 6.45) is 1.31. The smallest absolute Gasteiger partial charge is 0.251 e. The number of piperidine rings is 1. The number of nitrogen functional groups attached to an aromatic ring is 1. The molecule has 0 unspecified atom stereocenters. The first-order valence-electron chi connectivity index (χ1n) is 13.2. The van der Waals surface area contributed by atoms with E-state index < -0.39 is 6.04 Å². The summed E-state index contributed by atoms with van der Waals surface area (Å²) in [5, 5.41) is 14.9. The van der Waals surface area contributed by atoms with Crippen LogP contribution in [0.5, 0.6) is 5.75 Å². The normalized spacial score (nSPS) is 21.7. The van der Waals surface area contributed by atoms with Crippen LogP contribution in [0, 0.1) is 10.8 Å². The molecule has 5 rings (SSSR count). The van der Waals surface area contributed by atoms with Gasteiger partial charge in [-0.3, -0.25) is 19.8 Å². The molecule has 3 aromatic rings. The summed E-state index contributed by atoms with van der Waals surface area (Å²) < 4.78 is 5.98. The molecule has 1 aliphatic heterocycles. The third-order valence-corrected chi connectivity index (χ3v) is 8.66. The lowest BCUT2D eigenvalue weighted by atomic mass is 10.0. The summed E-state index contributed by atoms with van der Waals surface area (Å²) in [6.45, 7) is 4.16. The highest BCUT2D eigenvalue weighted by atomic mass is 32.1. The SMILES string of the molecule is C[C@H](Oc1ccc(C(=O)NCC(=O)N2[C@H]3C[C@@]3(C)C[C@H]2C(=O)NCc2cc(C(=N)N)cs2)cc1)c1ccccc1. The number of amides is 3. The third kappa shape index (κ3) is 5.86. The average Bonchev–Trinajstić information content (AvgIpc) is 3.26. The molecule has 0 radical (unpaired) electrons. The van der Waals surface area contributed by atoms with E-state index in [1.165, 1.54) is 11.3 Å². The Morgan fingerprint density at radius 1 is 1.10 bits per heavy atom. The van der Waals surface area contributed by atoms with E-state index in [-0.39, 0.29) is 47.7 Å². The molecule has 4 atom stereocenters. The number of hydrogen-bond donors (Lipinski definition) is 4. The Morgan fingerprint density at radius 2 is 1.82 bits per heavy atom. The molecule has 1 aliphatic carbocycles. The number of nitrogens with two attached hydrogens (primary N) is 1. The summed E-state index contributed by atoms with van der Waals surface area (Å²) in [5.41, 5.74) is 7.55. The molecule has 2 fully saturated rings. The summed E-state index contributed by atoms with van der Waals surface area (Å²) in [4.78, 5) is 41.6. The van der Waals surface area contributed by atoms with Gasteiger partial charge in [0.15, 0.2) is 0 Å². The van der Waals surface area contributed by atoms with Gasteiger partial charge in [0.05, 0.1) is 13.1 Å². The number of nitrogens with one attached hydrogen (secondary N) is 3. The van der Waals surface area contributed by atoms with Crippen molar-refractivity contribution >= 4 is 34.9 Å². The van der Waals surface area contributed by atoms with Gasteiger partial charge in [0.25, 0.3) is 5.91 Å². The molecule has 2 aromatic carbocycles. The number of benzene rings is 2. The zero-order valence-corrected chi connectivity index (χ0v) is 23.3. The lowest BCUT2D eigenvalue weighted by Gasteiger charge is -2.27. The number of amidine groups is 1. The van der Waals surface area contributed by atoms with Gasteiger partial charge in [0.1, 0.15) is 23.7 Å². The predicted octanol–water partition coefficient (Wildman–Crippen LogP) is 3.60. The zero-order chi connectivity index (χ0) is 28.4. The maximum absolute atomic E-state index is 13.2. The van der Waals surface area contributed by atoms with Crippen LogP contribution in [-0.2, 0) is 16.1 Å². The largest absolute Gasteiger partial charge is 0.486 e. The summed E-state index contributed by atoms with van der Waals surface area (Å²) in [5.74, 6) is -0.229. The van der Waals surface area contributed by atoms with E-state index in [9.17, 15) is 14.4 Å². The number of likely N-dealkylation sites (tertiary alicyclic amines) is 1. The molecule has 3 amide bonds. The minimum Gasteiger partial charge on any atom is -0.486 e. The van der Waals surface area contributed by atoms with Crippen LogP contribution in [0.2, 0.25) is 0 Å². The first-order chi connectivity index (χ1) is 19.1. The Balaban J connectivity index is 1.14. The number of rotatable bonds is 10. The van der Waals surface area contributed by atoms with Crippen molar-refractivity contribution in [1.82, 2.24) is 15.5 Å². The minimum atomic E-state index is -0.580. The molecular weight excluding hydrogens is 526 g/mol. The van der Waals surface area contributed by atoms with E-state index >= 15 is 0 Å². The van der Waals surface area contributed by atoms with Crippen LogP contribution in [0.25, 0.3) is 0 Å². The van der Waals surface area contributed by atoms with Crippen molar-refractivity contribution in [3.63, 3.8) is 0 Å². The number of carbonyl (C=O) groups is 3. The van der Waals surface area contributed by atoms with Crippen LogP contribution in [0.4, 0.5) is 0 Å². The Hall–Kier alpha value is -4.18. The topological polar surface area (TPSA) is 138 Å². The van der Waals surface area contributed by atoms with Crippen molar-refractivity contribution in [3.8, 4) is 5.75 Å². The van der Waals surface area contributed by atoms with Crippen LogP contribution in [0.3, 0.4) is 0 Å². The maximum Gasteiger partial charge on any atom is 0.251 e. The Bertz CT molecular complexity index is 1420. The van der Waals surface area contributed by atoms with Crippen LogP contribution in [0.15, 0.2) is 66.0 Å². The lowest BCUT2D eigenvalue weighted by molar-refractivity contribution is -0.139. The lowest BCUT2D eigenvalue weighted by Crippen LogP contribution is -2.50. The van der Waals surface area contributed by atoms with Crippen molar-refractivity contribution in [2.45, 2.75) is 51.4 Å². The van der Waals surface area contributed by atoms with Crippen LogP contribution >= 0.6 is 11.3 Å². The minimum absolute atomic E-state index is 0.00161. The van der Waals surface area contributed by atoms with E-state index in [4.69, 9.17) is 15.9 Å². The molecule has 9 nitrogen and oxygen atoms in total. The zero-order valence-electron chi connectivity index (χ0n) is 22.5. The van der Waals surface area contributed by atoms with Crippen molar-refractivity contribution < 1.29 is 19.1 Å². The molecule has 40 heavy (non-hydrogen) atoms. The fourth-order valence-electron chi connectivity index (χ4n) is 5.30. The van der Waals surface area contributed by atoms with Gasteiger partial charge in [0.2, 0.25) is 11.8 Å². The first kappa shape index (κ1) is 27.4. The molecule has 10 heteroatoms. The van der Waals surface area contributed by atoms with Gasteiger partial charge in [-0.2, -0.15) is 0 Å². The molecule has 0 spiro atoms. The average molecular weight is 560 g/mol. The van der Waals surface area contributed by atoms with E-state index in [2.05, 4.69) is 17.6 Å². The van der Waals surface area contributed by atoms with Crippen LogP contribution in [0.1, 0.15) is 59.2 Å². The van der Waals surface area contributed by atoms with Crippen molar-refractivity contribution in [1.29, 1.82) is 5.41 Å². The van der Waals surface area contributed by atoms with Crippen molar-refractivity contribution in [2.24, 2.45) is 11.1 Å². The molecule has 2 heterocycles. The predicted molar refractivity (Wildman–Crippen MR) is 153 cm³/mol. The van der Waals surface area contributed by atoms with Gasteiger partial charge >= 0.3 is 0 Å². The Kier molecular flexibility index (Phi) is 7.62. The van der Waals surface area contributed by atoms with Gasteiger partial charge in [-0.25, -0.2) is 0 Å². The quantitative estimate of drug-likeness (QED) is 0.222. The second-order valence-corrected chi connectivity index (χ2v) is 11.7. The highest BCUT2D eigenvalue weighted by Crippen LogP contribution is 2.59. The van der Waals surface area contributed by atoms with E-state index in [1.807, 2.05) is 37.3 Å². The highest BCUT2D eigenvalue weighted by Gasteiger charge is 2.64. The van der Waals surface area contributed by atoms with Gasteiger partial charge in [-0.05, 0) is 61.1 Å². The van der Waals surface area contributed by atoms with Crippen LogP contribution < -0.4 is 21.1 Å². The van der Waals surface area contributed by atoms with Gasteiger partial charge in [-0.1, -0.05) is 37.3 Å². The number of hydrogen-bond acceptors (Lipinski definition) is 6. The third-order valence-electron chi connectivity index (χ3n) is 7.73. The van der Waals surface area contributed by atoms with Crippen molar-refractivity contribution in [2.75, 3.05) is 6.54 Å². The number of thiophene rings is 1. The van der Waals surface area contributed by atoms with Gasteiger partial charge in [-0.15, -0.1) is 11.3 Å². The van der Waals surface area contributed by atoms with Crippen molar-refractivity contribution in [3.05, 3.63) is 87.6 Å². The second-order valence-electron chi connectivity index (χ2n) is 10.7. The molecule has 0 bridgehead atoms. The van der Waals surface area contributed by atoms with E-state index in [0.29, 0.717) is 29.8 Å². The number of ether oxygens (including phenoxy) is 1. The maximum atomic E-state index is 13.2. The van der Waals surface area contributed by atoms with E-state index in [1.54, 1.807) is 40.6 Å². The standard InChI is InChI=1S/C30H33N5O4S/c1-18(19-6-4-3-5-7-19)39-22-10-8-20(9-11-22)28(37)34-16-26(36)35-24(13-30(2)14-25(30)35)29(38)33-15-23-12-21(17-40-23)27(31)32/h3-12,17-18,24-25H,13-16H2,1-2H3,(H3,31,32)(H,33,38)(H,34,37)/t18-,24-,25-,30+/m0/s1. The molecule has 1 saturated heterocycles. The van der Waals surface area contributed by atoms with Gasteiger partial charge in [0, 0.05) is 27.4 Å². The fourth-order valence-corrected chi connectivity index (χ4v) is 6.12. The Labute approximate surface area is 237 Å². The fraction of sp³-hybridized carbons (Fsp3) is 0.333. The molecular formula is C30H33N5O4S. The molecule has 1 aromatic heterocycles. The van der Waals surface area contributed by atoms with Gasteiger partial charge < -0.3 is 26.0 Å². The molecule has 1 saturated carbocycles. The summed E-state index contributed by atoms with van der Waals surface area (Å²) in [6, 6.07) is 17.9. The molecule has 5 N–H and O–H groups in total. The molecule has 2 aliphatic rings. The van der Waals surface area contributed by atoms with E-state index in [0.717, 1.165) is 16.9 Å². The second kappa shape index (κ2) is 11.1. The number of carbonyl (C=O) groups excluding carboxylic acids is 3. The molecule has 208 valence electrons. The number of nitrogens with zero attached hydrogens (tertiary/aromatic N) is 1. The van der Waals surface area contributed by atoms with Crippen LogP contribution in [-0.4, -0.2) is 47.1 Å². The first-order valence-corrected chi connectivity index (χ1v) is 14.1. The summed E-state index contributed by atoms with van der Waals surface area (Å²) >= 11 is 1.42. The highest BCUT2D eigenvalue weighted by molar-refractivity contribution is 7.10. The monoisotopic (exact) mass is 559 g/mol.